The number of aromatic nitrogens is 2. The van der Waals surface area contributed by atoms with E-state index in [1.165, 1.54) is 22.2 Å². The van der Waals surface area contributed by atoms with Crippen LogP contribution < -0.4 is 15.0 Å². The van der Waals surface area contributed by atoms with Crippen LogP contribution in [0.25, 0.3) is 21.3 Å². The molecule has 0 bridgehead atoms. The van der Waals surface area contributed by atoms with E-state index in [0.29, 0.717) is 28.3 Å². The number of rotatable bonds is 8. The second-order valence-electron chi connectivity index (χ2n) is 6.15. The predicted octanol–water partition coefficient (Wildman–Crippen LogP) is 3.49. The van der Waals surface area contributed by atoms with Crippen molar-refractivity contribution in [3.05, 3.63) is 40.3 Å². The molecule has 0 aliphatic carbocycles. The molecule has 0 N–H and O–H groups in total. The number of benzene rings is 1. The summed E-state index contributed by atoms with van der Waals surface area (Å²) in [5.74, 6) is 0.735. The van der Waals surface area contributed by atoms with Crippen molar-refractivity contribution in [1.82, 2.24) is 9.55 Å². The molecule has 28 heavy (non-hydrogen) atoms. The molecule has 0 radical (unpaired) electrons. The van der Waals surface area contributed by atoms with Crippen LogP contribution in [0.5, 0.6) is 11.5 Å². The number of carbonyl (C=O) groups is 1. The third kappa shape index (κ3) is 4.01. The number of unbranched alkanes of at least 4 members (excludes halogenated alkanes) is 1. The van der Waals surface area contributed by atoms with Crippen LogP contribution in [0.3, 0.4) is 0 Å². The zero-order valence-corrected chi connectivity index (χ0v) is 16.9. The summed E-state index contributed by atoms with van der Waals surface area (Å²) in [5.41, 5.74) is 1.28. The standard InChI is InChI=1S/C20H22N2O5S/c1-4-5-8-27-17(23)10-22-12-21-19-18(20(22)24)14(11-28-19)13-6-7-15(25-2)16(9-13)26-3/h6-7,9,11-12H,4-5,8,10H2,1-3H3. The van der Waals surface area contributed by atoms with Crippen molar-refractivity contribution in [2.45, 2.75) is 26.3 Å². The van der Waals surface area contributed by atoms with Crippen molar-refractivity contribution < 1.29 is 19.0 Å². The van der Waals surface area contributed by atoms with Gasteiger partial charge in [-0.3, -0.25) is 14.2 Å². The molecule has 0 amide bonds. The van der Waals surface area contributed by atoms with E-state index in [-0.39, 0.29) is 12.1 Å². The summed E-state index contributed by atoms with van der Waals surface area (Å²) < 4.78 is 17.1. The van der Waals surface area contributed by atoms with Crippen molar-refractivity contribution >= 4 is 27.5 Å². The Balaban J connectivity index is 1.97. The monoisotopic (exact) mass is 402 g/mol. The van der Waals surface area contributed by atoms with Gasteiger partial charge in [-0.1, -0.05) is 19.4 Å². The highest BCUT2D eigenvalue weighted by Crippen LogP contribution is 2.36. The minimum Gasteiger partial charge on any atom is -0.493 e. The second kappa shape index (κ2) is 8.88. The Bertz CT molecular complexity index is 1040. The second-order valence-corrected chi connectivity index (χ2v) is 7.01. The molecule has 148 valence electrons. The molecular formula is C20H22N2O5S. The lowest BCUT2D eigenvalue weighted by Gasteiger charge is -2.10. The Hall–Kier alpha value is -2.87. The Morgan fingerprint density at radius 2 is 2.00 bits per heavy atom. The number of methoxy groups -OCH3 is 2. The largest absolute Gasteiger partial charge is 0.493 e. The summed E-state index contributed by atoms with van der Waals surface area (Å²) in [6.45, 7) is 2.21. The SMILES string of the molecule is CCCCOC(=O)Cn1cnc2scc(-c3ccc(OC)c(OC)c3)c2c1=O. The van der Waals surface area contributed by atoms with Crippen LogP contribution in [-0.4, -0.2) is 36.3 Å². The molecule has 2 aromatic heterocycles. The van der Waals surface area contributed by atoms with E-state index in [2.05, 4.69) is 4.98 Å². The van der Waals surface area contributed by atoms with Crippen LogP contribution in [0.2, 0.25) is 0 Å². The maximum absolute atomic E-state index is 13.0. The van der Waals surface area contributed by atoms with Crippen molar-refractivity contribution in [1.29, 1.82) is 0 Å². The van der Waals surface area contributed by atoms with Gasteiger partial charge in [0, 0.05) is 10.9 Å². The molecule has 7 nitrogen and oxygen atoms in total. The van der Waals surface area contributed by atoms with Gasteiger partial charge in [-0.2, -0.15) is 0 Å². The van der Waals surface area contributed by atoms with Gasteiger partial charge in [0.25, 0.3) is 5.56 Å². The van der Waals surface area contributed by atoms with E-state index in [4.69, 9.17) is 14.2 Å². The molecule has 0 aliphatic rings. The van der Waals surface area contributed by atoms with Crippen molar-refractivity contribution in [3.8, 4) is 22.6 Å². The minimum atomic E-state index is -0.445. The summed E-state index contributed by atoms with van der Waals surface area (Å²) in [4.78, 5) is 29.9. The van der Waals surface area contributed by atoms with Gasteiger partial charge in [-0.15, -0.1) is 11.3 Å². The quantitative estimate of drug-likeness (QED) is 0.424. The minimum absolute atomic E-state index is 0.160. The van der Waals surface area contributed by atoms with Crippen LogP contribution in [0.1, 0.15) is 19.8 Å². The number of hydrogen-bond donors (Lipinski definition) is 0. The van der Waals surface area contributed by atoms with E-state index >= 15 is 0 Å². The highest BCUT2D eigenvalue weighted by Gasteiger charge is 2.16. The maximum Gasteiger partial charge on any atom is 0.326 e. The zero-order valence-electron chi connectivity index (χ0n) is 16.1. The molecule has 0 saturated carbocycles. The molecule has 2 heterocycles. The van der Waals surface area contributed by atoms with E-state index in [1.807, 2.05) is 24.4 Å². The van der Waals surface area contributed by atoms with Gasteiger partial charge in [0.15, 0.2) is 11.5 Å². The first-order valence-electron chi connectivity index (χ1n) is 8.93. The Morgan fingerprint density at radius 3 is 2.71 bits per heavy atom. The van der Waals surface area contributed by atoms with Gasteiger partial charge in [0.05, 0.1) is 32.5 Å². The van der Waals surface area contributed by atoms with Gasteiger partial charge in [0.2, 0.25) is 0 Å². The number of thiophene rings is 1. The van der Waals surface area contributed by atoms with Gasteiger partial charge in [0.1, 0.15) is 11.4 Å². The average Bonchev–Trinajstić information content (AvgIpc) is 3.14. The van der Waals surface area contributed by atoms with Crippen LogP contribution >= 0.6 is 11.3 Å². The topological polar surface area (TPSA) is 79.7 Å². The highest BCUT2D eigenvalue weighted by molar-refractivity contribution is 7.17. The molecule has 0 aliphatic heterocycles. The molecule has 0 unspecified atom stereocenters. The lowest BCUT2D eigenvalue weighted by molar-refractivity contribution is -0.144. The first-order valence-corrected chi connectivity index (χ1v) is 9.81. The molecular weight excluding hydrogens is 380 g/mol. The first-order chi connectivity index (χ1) is 13.6. The average molecular weight is 402 g/mol. The van der Waals surface area contributed by atoms with Crippen LogP contribution in [0, 0.1) is 0 Å². The molecule has 0 atom stereocenters. The summed E-state index contributed by atoms with van der Waals surface area (Å²) in [7, 11) is 3.13. The summed E-state index contributed by atoms with van der Waals surface area (Å²) in [6.07, 6.45) is 3.12. The lowest BCUT2D eigenvalue weighted by Crippen LogP contribution is -2.25. The third-order valence-electron chi connectivity index (χ3n) is 4.32. The van der Waals surface area contributed by atoms with Crippen LogP contribution in [0.15, 0.2) is 34.7 Å². The summed E-state index contributed by atoms with van der Waals surface area (Å²) in [6, 6.07) is 5.46. The molecule has 1 aromatic carbocycles. The summed E-state index contributed by atoms with van der Waals surface area (Å²) in [5, 5.41) is 2.35. The summed E-state index contributed by atoms with van der Waals surface area (Å²) >= 11 is 1.38. The Kier molecular flexibility index (Phi) is 6.30. The normalized spacial score (nSPS) is 10.8. The van der Waals surface area contributed by atoms with Crippen molar-refractivity contribution in [2.75, 3.05) is 20.8 Å². The van der Waals surface area contributed by atoms with Gasteiger partial charge in [-0.25, -0.2) is 4.98 Å². The molecule has 8 heteroatoms. The lowest BCUT2D eigenvalue weighted by atomic mass is 10.1. The number of fused-ring (bicyclic) bond motifs is 1. The number of nitrogens with zero attached hydrogens (tertiary/aromatic N) is 2. The fraction of sp³-hybridized carbons (Fsp3) is 0.350. The third-order valence-corrected chi connectivity index (χ3v) is 5.20. The molecule has 0 fully saturated rings. The van der Waals surface area contributed by atoms with Crippen molar-refractivity contribution in [3.63, 3.8) is 0 Å². The van der Waals surface area contributed by atoms with Crippen LogP contribution in [0.4, 0.5) is 0 Å². The predicted molar refractivity (Wildman–Crippen MR) is 108 cm³/mol. The van der Waals surface area contributed by atoms with E-state index < -0.39 is 5.97 Å². The van der Waals surface area contributed by atoms with Gasteiger partial charge < -0.3 is 14.2 Å². The van der Waals surface area contributed by atoms with Gasteiger partial charge in [-0.05, 0) is 24.1 Å². The van der Waals surface area contributed by atoms with E-state index in [0.717, 1.165) is 24.0 Å². The van der Waals surface area contributed by atoms with Crippen LogP contribution in [-0.2, 0) is 16.1 Å². The van der Waals surface area contributed by atoms with E-state index in [9.17, 15) is 9.59 Å². The molecule has 0 saturated heterocycles. The fourth-order valence-electron chi connectivity index (χ4n) is 2.81. The number of ether oxygens (including phenoxy) is 3. The fourth-order valence-corrected chi connectivity index (χ4v) is 3.72. The molecule has 3 rings (SSSR count). The van der Waals surface area contributed by atoms with Crippen molar-refractivity contribution in [2.24, 2.45) is 0 Å². The highest BCUT2D eigenvalue weighted by atomic mass is 32.1. The maximum atomic E-state index is 13.0. The Morgan fingerprint density at radius 1 is 1.21 bits per heavy atom. The number of esters is 1. The first kappa shape index (κ1) is 19.9. The Labute approximate surface area is 166 Å². The zero-order chi connectivity index (χ0) is 20.1. The molecule has 0 spiro atoms. The molecule has 3 aromatic rings. The van der Waals surface area contributed by atoms with Gasteiger partial charge >= 0.3 is 5.97 Å². The number of hydrogen-bond acceptors (Lipinski definition) is 7. The van der Waals surface area contributed by atoms with E-state index in [1.54, 1.807) is 20.3 Å². The number of carbonyl (C=O) groups excluding carboxylic acids is 1. The smallest absolute Gasteiger partial charge is 0.326 e.